The van der Waals surface area contributed by atoms with Gasteiger partial charge in [0.15, 0.2) is 0 Å². The molecule has 0 bridgehead atoms. The van der Waals surface area contributed by atoms with Gasteiger partial charge < -0.3 is 14.8 Å². The Morgan fingerprint density at radius 1 is 1.44 bits per heavy atom. The summed E-state index contributed by atoms with van der Waals surface area (Å²) >= 11 is 0. The van der Waals surface area contributed by atoms with Crippen LogP contribution in [-0.2, 0) is 16.0 Å². The smallest absolute Gasteiger partial charge is 0.220 e. The second-order valence-electron chi connectivity index (χ2n) is 6.28. The molecule has 2 aromatic rings. The van der Waals surface area contributed by atoms with E-state index in [9.17, 15) is 4.79 Å². The molecular formula is C18H24N4O3. The summed E-state index contributed by atoms with van der Waals surface area (Å²) < 4.78 is 11.4. The van der Waals surface area contributed by atoms with Gasteiger partial charge in [-0.05, 0) is 25.5 Å². The summed E-state index contributed by atoms with van der Waals surface area (Å²) in [6, 6.07) is 5.36. The summed E-state index contributed by atoms with van der Waals surface area (Å²) in [6.45, 7) is 5.06. The number of hydrogen-bond donors (Lipinski definition) is 2. The zero-order valence-corrected chi connectivity index (χ0v) is 14.6. The number of hydrogen-bond acceptors (Lipinski definition) is 5. The standard InChI is InChI=1S/C18H24N4O3/c1-12-13(2)21-22-14(12)6-7-17(23)20-15-11-24-10-8-16(15)25-18-5-3-4-9-19-18/h3-5,9,15-16H,6-8,10-11H2,1-2H3,(H,20,23)(H,21,22)/t15-,16-/m1/s1. The summed E-state index contributed by atoms with van der Waals surface area (Å²) in [7, 11) is 0. The van der Waals surface area contributed by atoms with Crippen molar-refractivity contribution in [2.24, 2.45) is 0 Å². The molecule has 2 aromatic heterocycles. The number of aromatic amines is 1. The zero-order chi connectivity index (χ0) is 17.6. The highest BCUT2D eigenvalue weighted by molar-refractivity contribution is 5.76. The Balaban J connectivity index is 1.53. The van der Waals surface area contributed by atoms with Crippen molar-refractivity contribution in [2.75, 3.05) is 13.2 Å². The Morgan fingerprint density at radius 2 is 2.32 bits per heavy atom. The maximum absolute atomic E-state index is 12.3. The van der Waals surface area contributed by atoms with E-state index >= 15 is 0 Å². The first kappa shape index (κ1) is 17.4. The molecule has 0 unspecified atom stereocenters. The lowest BCUT2D eigenvalue weighted by Crippen LogP contribution is -2.52. The minimum absolute atomic E-state index is 0.0230. The molecule has 1 saturated heterocycles. The number of carbonyl (C=O) groups is 1. The van der Waals surface area contributed by atoms with Crippen LogP contribution in [0.15, 0.2) is 24.4 Å². The largest absolute Gasteiger partial charge is 0.472 e. The second kappa shape index (κ2) is 8.11. The van der Waals surface area contributed by atoms with Crippen molar-refractivity contribution in [1.82, 2.24) is 20.5 Å². The van der Waals surface area contributed by atoms with Crippen LogP contribution in [0.25, 0.3) is 0 Å². The van der Waals surface area contributed by atoms with Crippen molar-refractivity contribution in [3.63, 3.8) is 0 Å². The lowest BCUT2D eigenvalue weighted by Gasteiger charge is -2.32. The fourth-order valence-electron chi connectivity index (χ4n) is 2.86. The van der Waals surface area contributed by atoms with Gasteiger partial charge in [-0.2, -0.15) is 5.10 Å². The molecule has 3 heterocycles. The molecule has 25 heavy (non-hydrogen) atoms. The third kappa shape index (κ3) is 4.57. The summed E-state index contributed by atoms with van der Waals surface area (Å²) in [4.78, 5) is 16.5. The van der Waals surface area contributed by atoms with Crippen LogP contribution in [0.2, 0.25) is 0 Å². The van der Waals surface area contributed by atoms with Crippen molar-refractivity contribution in [1.29, 1.82) is 0 Å². The van der Waals surface area contributed by atoms with Gasteiger partial charge in [0.1, 0.15) is 6.10 Å². The van der Waals surface area contributed by atoms with Crippen LogP contribution in [0.4, 0.5) is 0 Å². The van der Waals surface area contributed by atoms with Crippen molar-refractivity contribution >= 4 is 5.91 Å². The number of ether oxygens (including phenoxy) is 2. The topological polar surface area (TPSA) is 89.1 Å². The number of rotatable bonds is 6. The molecule has 3 rings (SSSR count). The van der Waals surface area contributed by atoms with Crippen LogP contribution in [0.1, 0.15) is 29.8 Å². The van der Waals surface area contributed by atoms with Gasteiger partial charge in [0.25, 0.3) is 0 Å². The molecule has 2 atom stereocenters. The molecule has 7 heteroatoms. The monoisotopic (exact) mass is 344 g/mol. The minimum Gasteiger partial charge on any atom is -0.472 e. The molecule has 2 N–H and O–H groups in total. The highest BCUT2D eigenvalue weighted by atomic mass is 16.5. The van der Waals surface area contributed by atoms with E-state index in [0.29, 0.717) is 31.9 Å². The molecule has 0 aliphatic carbocycles. The highest BCUT2D eigenvalue weighted by Crippen LogP contribution is 2.16. The third-order valence-electron chi connectivity index (χ3n) is 4.49. The van der Waals surface area contributed by atoms with Crippen molar-refractivity contribution in [3.8, 4) is 5.88 Å². The number of pyridine rings is 1. The fraction of sp³-hybridized carbons (Fsp3) is 0.500. The summed E-state index contributed by atoms with van der Waals surface area (Å²) in [5.41, 5.74) is 3.10. The maximum atomic E-state index is 12.3. The first-order chi connectivity index (χ1) is 12.1. The Kier molecular flexibility index (Phi) is 5.65. The van der Waals surface area contributed by atoms with E-state index in [2.05, 4.69) is 20.5 Å². The van der Waals surface area contributed by atoms with Crippen LogP contribution >= 0.6 is 0 Å². The number of aromatic nitrogens is 3. The predicted octanol–water partition coefficient (Wildman–Crippen LogP) is 1.71. The van der Waals surface area contributed by atoms with Crippen LogP contribution in [0, 0.1) is 13.8 Å². The predicted molar refractivity (Wildman–Crippen MR) is 92.4 cm³/mol. The van der Waals surface area contributed by atoms with E-state index in [0.717, 1.165) is 23.4 Å². The van der Waals surface area contributed by atoms with Crippen molar-refractivity contribution in [2.45, 2.75) is 45.3 Å². The van der Waals surface area contributed by atoms with E-state index in [1.807, 2.05) is 32.0 Å². The van der Waals surface area contributed by atoms with Gasteiger partial charge in [-0.3, -0.25) is 9.89 Å². The molecule has 1 fully saturated rings. The van der Waals surface area contributed by atoms with Crippen LogP contribution in [-0.4, -0.2) is 46.4 Å². The number of aryl methyl sites for hydroxylation is 2. The maximum Gasteiger partial charge on any atom is 0.220 e. The molecule has 7 nitrogen and oxygen atoms in total. The zero-order valence-electron chi connectivity index (χ0n) is 14.6. The number of H-pyrrole nitrogens is 1. The van der Waals surface area contributed by atoms with Crippen LogP contribution in [0.5, 0.6) is 5.88 Å². The molecule has 0 saturated carbocycles. The molecule has 1 aliphatic rings. The van der Waals surface area contributed by atoms with Gasteiger partial charge in [-0.15, -0.1) is 0 Å². The first-order valence-electron chi connectivity index (χ1n) is 8.58. The number of carbonyl (C=O) groups excluding carboxylic acids is 1. The Hall–Kier alpha value is -2.41. The number of amides is 1. The highest BCUT2D eigenvalue weighted by Gasteiger charge is 2.29. The minimum atomic E-state index is -0.176. The van der Waals surface area contributed by atoms with E-state index in [1.54, 1.807) is 6.20 Å². The normalized spacial score (nSPS) is 20.2. The van der Waals surface area contributed by atoms with Gasteiger partial charge in [-0.25, -0.2) is 4.98 Å². The summed E-state index contributed by atoms with van der Waals surface area (Å²) in [5, 5.41) is 10.2. The number of nitrogens with zero attached hydrogens (tertiary/aromatic N) is 2. The fourth-order valence-corrected chi connectivity index (χ4v) is 2.86. The summed E-state index contributed by atoms with van der Waals surface area (Å²) in [6.07, 6.45) is 3.27. The molecule has 0 aromatic carbocycles. The van der Waals surface area contributed by atoms with Gasteiger partial charge in [0.2, 0.25) is 11.8 Å². The Labute approximate surface area is 147 Å². The SMILES string of the molecule is Cc1[nH]nc(CCC(=O)N[C@@H]2COCC[C@H]2Oc2ccccn2)c1C. The Bertz CT molecular complexity index is 702. The quantitative estimate of drug-likeness (QED) is 0.833. The average Bonchev–Trinajstić information content (AvgIpc) is 2.94. The van der Waals surface area contributed by atoms with Gasteiger partial charge in [0.05, 0.1) is 24.9 Å². The van der Waals surface area contributed by atoms with Gasteiger partial charge in [-0.1, -0.05) is 6.07 Å². The lowest BCUT2D eigenvalue weighted by molar-refractivity contribution is -0.124. The first-order valence-corrected chi connectivity index (χ1v) is 8.58. The van der Waals surface area contributed by atoms with E-state index in [4.69, 9.17) is 9.47 Å². The van der Waals surface area contributed by atoms with Gasteiger partial charge in [0, 0.05) is 37.2 Å². The van der Waals surface area contributed by atoms with E-state index < -0.39 is 0 Å². The molecule has 134 valence electrons. The lowest BCUT2D eigenvalue weighted by atomic mass is 10.1. The molecule has 1 aliphatic heterocycles. The second-order valence-corrected chi connectivity index (χ2v) is 6.28. The van der Waals surface area contributed by atoms with E-state index in [1.165, 1.54) is 0 Å². The van der Waals surface area contributed by atoms with Gasteiger partial charge >= 0.3 is 0 Å². The van der Waals surface area contributed by atoms with E-state index in [-0.39, 0.29) is 18.1 Å². The van der Waals surface area contributed by atoms with Crippen molar-refractivity contribution in [3.05, 3.63) is 41.3 Å². The Morgan fingerprint density at radius 3 is 3.04 bits per heavy atom. The van der Waals surface area contributed by atoms with Crippen molar-refractivity contribution < 1.29 is 14.3 Å². The summed E-state index contributed by atoms with van der Waals surface area (Å²) in [5.74, 6) is 0.543. The molecular weight excluding hydrogens is 320 g/mol. The average molecular weight is 344 g/mol. The van der Waals surface area contributed by atoms with Crippen LogP contribution < -0.4 is 10.1 Å². The molecule has 0 radical (unpaired) electrons. The molecule has 1 amide bonds. The third-order valence-corrected chi connectivity index (χ3v) is 4.49. The number of nitrogens with one attached hydrogen (secondary N) is 2. The van der Waals surface area contributed by atoms with Crippen LogP contribution in [0.3, 0.4) is 0 Å². The molecule has 0 spiro atoms.